The predicted octanol–water partition coefficient (Wildman–Crippen LogP) is 4.60. The molecule has 154 valence electrons. The van der Waals surface area contributed by atoms with Gasteiger partial charge in [0.05, 0.1) is 11.3 Å². The number of likely N-dealkylation sites (tertiary alicyclic amines) is 1. The molecule has 0 radical (unpaired) electrons. The van der Waals surface area contributed by atoms with Gasteiger partial charge in [-0.25, -0.2) is 22.0 Å². The molecule has 1 aliphatic rings. The quantitative estimate of drug-likeness (QED) is 0.396. The Balaban J connectivity index is 1.56. The molecule has 29 heavy (non-hydrogen) atoms. The highest BCUT2D eigenvalue weighted by Crippen LogP contribution is 2.27. The van der Waals surface area contributed by atoms with Gasteiger partial charge in [-0.3, -0.25) is 9.59 Å². The summed E-state index contributed by atoms with van der Waals surface area (Å²) in [6, 6.07) is 4.00. The number of thioether (sulfide) groups is 1. The summed E-state index contributed by atoms with van der Waals surface area (Å²) in [6.45, 7) is 0.401. The van der Waals surface area contributed by atoms with Crippen LogP contribution in [0.3, 0.4) is 0 Å². The Hall–Kier alpha value is -2.42. The second-order valence-electron chi connectivity index (χ2n) is 6.63. The largest absolute Gasteiger partial charge is 0.342 e. The second kappa shape index (κ2) is 8.94. The van der Waals surface area contributed by atoms with Crippen molar-refractivity contribution in [3.8, 4) is 0 Å². The number of hydrogen-bond acceptors (Lipinski definition) is 3. The van der Waals surface area contributed by atoms with Crippen molar-refractivity contribution in [3.05, 3.63) is 65.0 Å². The van der Waals surface area contributed by atoms with E-state index in [0.717, 1.165) is 23.9 Å². The van der Waals surface area contributed by atoms with Crippen molar-refractivity contribution in [2.24, 2.45) is 5.92 Å². The molecular weight excluding hydrogens is 413 g/mol. The van der Waals surface area contributed by atoms with Crippen molar-refractivity contribution in [1.82, 2.24) is 4.90 Å². The minimum absolute atomic E-state index is 0.0671. The molecule has 0 saturated carbocycles. The number of nitrogens with zero attached hydrogens (tertiary/aromatic N) is 1. The number of piperidine rings is 1. The van der Waals surface area contributed by atoms with Gasteiger partial charge in [-0.05, 0) is 25.0 Å². The molecule has 2 aromatic carbocycles. The van der Waals surface area contributed by atoms with Gasteiger partial charge >= 0.3 is 0 Å². The van der Waals surface area contributed by atoms with Crippen LogP contribution in [0.2, 0.25) is 0 Å². The molecule has 0 N–H and O–H groups in total. The highest BCUT2D eigenvalue weighted by molar-refractivity contribution is 8.00. The number of rotatable bonds is 5. The molecular formula is C20H16F5NO2S. The molecule has 2 aromatic rings. The van der Waals surface area contributed by atoms with Gasteiger partial charge < -0.3 is 4.90 Å². The van der Waals surface area contributed by atoms with Crippen LogP contribution in [-0.4, -0.2) is 35.4 Å². The lowest BCUT2D eigenvalue weighted by atomic mass is 9.88. The van der Waals surface area contributed by atoms with Crippen molar-refractivity contribution in [3.63, 3.8) is 0 Å². The normalized spacial score (nSPS) is 14.9. The lowest BCUT2D eigenvalue weighted by Gasteiger charge is -2.31. The van der Waals surface area contributed by atoms with Gasteiger partial charge in [0, 0.05) is 42.1 Å². The fourth-order valence-corrected chi connectivity index (χ4v) is 4.02. The van der Waals surface area contributed by atoms with Crippen LogP contribution in [-0.2, 0) is 4.79 Å². The molecule has 3 rings (SSSR count). The predicted molar refractivity (Wildman–Crippen MR) is 97.0 cm³/mol. The number of hydrogen-bond donors (Lipinski definition) is 0. The maximum absolute atomic E-state index is 13.8. The van der Waals surface area contributed by atoms with Gasteiger partial charge in [0.15, 0.2) is 5.78 Å². The van der Waals surface area contributed by atoms with Crippen molar-refractivity contribution in [1.29, 1.82) is 0 Å². The van der Waals surface area contributed by atoms with Crippen LogP contribution in [0.25, 0.3) is 0 Å². The molecule has 1 heterocycles. The molecule has 0 bridgehead atoms. The fourth-order valence-electron chi connectivity index (χ4n) is 3.20. The van der Waals surface area contributed by atoms with Gasteiger partial charge in [-0.1, -0.05) is 0 Å². The van der Waals surface area contributed by atoms with Crippen LogP contribution >= 0.6 is 11.8 Å². The van der Waals surface area contributed by atoms with Crippen molar-refractivity contribution < 1.29 is 31.5 Å². The van der Waals surface area contributed by atoms with E-state index in [2.05, 4.69) is 0 Å². The lowest BCUT2D eigenvalue weighted by molar-refractivity contribution is -0.129. The Bertz CT molecular complexity index is 921. The molecule has 9 heteroatoms. The second-order valence-corrected chi connectivity index (χ2v) is 7.64. The Labute approximate surface area is 167 Å². The third-order valence-electron chi connectivity index (χ3n) is 4.72. The van der Waals surface area contributed by atoms with Gasteiger partial charge in [0.1, 0.15) is 29.1 Å². The molecule has 3 nitrogen and oxygen atoms in total. The van der Waals surface area contributed by atoms with E-state index in [1.54, 1.807) is 0 Å². The minimum Gasteiger partial charge on any atom is -0.342 e. The third kappa shape index (κ3) is 4.95. The van der Waals surface area contributed by atoms with Crippen LogP contribution in [0.4, 0.5) is 22.0 Å². The monoisotopic (exact) mass is 429 g/mol. The highest BCUT2D eigenvalue weighted by atomic mass is 32.2. The summed E-state index contributed by atoms with van der Waals surface area (Å²) >= 11 is 0.932. The molecule has 1 amide bonds. The first-order valence-corrected chi connectivity index (χ1v) is 9.79. The Morgan fingerprint density at radius 3 is 2.07 bits per heavy atom. The van der Waals surface area contributed by atoms with E-state index in [1.807, 2.05) is 0 Å². The summed E-state index contributed by atoms with van der Waals surface area (Å²) in [4.78, 5) is 26.4. The minimum atomic E-state index is -1.25. The molecule has 1 aliphatic heterocycles. The summed E-state index contributed by atoms with van der Waals surface area (Å²) in [7, 11) is 0. The third-order valence-corrected chi connectivity index (χ3v) is 5.75. The van der Waals surface area contributed by atoms with E-state index in [1.165, 1.54) is 11.0 Å². The van der Waals surface area contributed by atoms with Gasteiger partial charge in [-0.2, -0.15) is 0 Å². The standard InChI is InChI=1S/C20H16F5NO2S/c21-12-1-2-17(14(23)7-12)29-10-18(27)26-5-3-11(4-6-26)20(28)19-15(24)8-13(22)9-16(19)25/h1-2,7-9,11H,3-6,10H2. The van der Waals surface area contributed by atoms with Gasteiger partial charge in [-0.15, -0.1) is 11.8 Å². The zero-order valence-electron chi connectivity index (χ0n) is 15.1. The zero-order chi connectivity index (χ0) is 21.1. The van der Waals surface area contributed by atoms with Crippen molar-refractivity contribution >= 4 is 23.5 Å². The van der Waals surface area contributed by atoms with Crippen LogP contribution < -0.4 is 0 Å². The number of benzene rings is 2. The van der Waals surface area contributed by atoms with Crippen LogP contribution in [0.5, 0.6) is 0 Å². The van der Waals surface area contributed by atoms with E-state index >= 15 is 0 Å². The van der Waals surface area contributed by atoms with E-state index in [0.29, 0.717) is 12.1 Å². The van der Waals surface area contributed by atoms with E-state index < -0.39 is 46.4 Å². The lowest BCUT2D eigenvalue weighted by Crippen LogP contribution is -2.41. The van der Waals surface area contributed by atoms with Gasteiger partial charge in [0.25, 0.3) is 0 Å². The molecule has 1 saturated heterocycles. The molecule has 0 spiro atoms. The number of carbonyl (C=O) groups excluding carboxylic acids is 2. The summed E-state index contributed by atoms with van der Waals surface area (Å²) < 4.78 is 67.2. The van der Waals surface area contributed by atoms with E-state index in [9.17, 15) is 31.5 Å². The number of ketones is 1. The molecule has 0 unspecified atom stereocenters. The number of carbonyl (C=O) groups is 2. The number of amides is 1. The summed E-state index contributed by atoms with van der Waals surface area (Å²) in [5.74, 6) is -6.86. The molecule has 0 aromatic heterocycles. The Kier molecular flexibility index (Phi) is 6.56. The first-order chi connectivity index (χ1) is 13.8. The first kappa shape index (κ1) is 21.3. The number of Topliss-reactive ketones (excluding diaryl/α,β-unsaturated/α-hetero) is 1. The Morgan fingerprint density at radius 1 is 0.897 bits per heavy atom. The van der Waals surface area contributed by atoms with Crippen LogP contribution in [0.15, 0.2) is 35.2 Å². The molecule has 0 atom stereocenters. The first-order valence-electron chi connectivity index (χ1n) is 8.80. The highest BCUT2D eigenvalue weighted by Gasteiger charge is 2.31. The maximum atomic E-state index is 13.8. The average molecular weight is 429 g/mol. The summed E-state index contributed by atoms with van der Waals surface area (Å²) in [6.07, 6.45) is 0.410. The van der Waals surface area contributed by atoms with E-state index in [4.69, 9.17) is 0 Å². The maximum Gasteiger partial charge on any atom is 0.232 e. The van der Waals surface area contributed by atoms with Crippen molar-refractivity contribution in [2.75, 3.05) is 18.8 Å². The average Bonchev–Trinajstić information content (AvgIpc) is 2.66. The van der Waals surface area contributed by atoms with E-state index in [-0.39, 0.29) is 42.5 Å². The smallest absolute Gasteiger partial charge is 0.232 e. The Morgan fingerprint density at radius 2 is 1.48 bits per heavy atom. The molecule has 1 fully saturated rings. The SMILES string of the molecule is O=C(c1c(F)cc(F)cc1F)C1CCN(C(=O)CSc2ccc(F)cc2F)CC1. The number of halogens is 5. The zero-order valence-corrected chi connectivity index (χ0v) is 15.9. The fraction of sp³-hybridized carbons (Fsp3) is 0.300. The van der Waals surface area contributed by atoms with Crippen LogP contribution in [0, 0.1) is 35.0 Å². The van der Waals surface area contributed by atoms with Crippen LogP contribution in [0.1, 0.15) is 23.2 Å². The summed E-state index contributed by atoms with van der Waals surface area (Å²) in [5.41, 5.74) is -0.765. The van der Waals surface area contributed by atoms with Gasteiger partial charge in [0.2, 0.25) is 5.91 Å². The summed E-state index contributed by atoms with van der Waals surface area (Å²) in [5, 5.41) is 0. The topological polar surface area (TPSA) is 37.4 Å². The van der Waals surface area contributed by atoms with Crippen molar-refractivity contribution in [2.45, 2.75) is 17.7 Å². The molecule has 0 aliphatic carbocycles.